The van der Waals surface area contributed by atoms with E-state index in [0.717, 1.165) is 6.42 Å². The summed E-state index contributed by atoms with van der Waals surface area (Å²) in [7, 11) is 0. The van der Waals surface area contributed by atoms with Crippen molar-refractivity contribution in [2.45, 2.75) is 45.2 Å². The topological polar surface area (TPSA) is 100 Å². The van der Waals surface area contributed by atoms with Gasteiger partial charge in [0.1, 0.15) is 23.3 Å². The molecule has 0 aliphatic carbocycles. The average Bonchev–Trinajstić information content (AvgIpc) is 3.57. The highest BCUT2D eigenvalue weighted by Gasteiger charge is 2.35. The van der Waals surface area contributed by atoms with Crippen molar-refractivity contribution in [3.63, 3.8) is 0 Å². The first-order chi connectivity index (χ1) is 16.3. The Balaban J connectivity index is 1.45. The van der Waals surface area contributed by atoms with Crippen LogP contribution in [0.1, 0.15) is 61.5 Å². The van der Waals surface area contributed by atoms with Gasteiger partial charge in [0, 0.05) is 17.6 Å². The molecule has 4 rings (SSSR count). The quantitative estimate of drug-likeness (QED) is 0.457. The highest BCUT2D eigenvalue weighted by molar-refractivity contribution is 6.34. The van der Waals surface area contributed by atoms with Crippen LogP contribution in [0.15, 0.2) is 68.9 Å². The van der Waals surface area contributed by atoms with Crippen LogP contribution in [-0.4, -0.2) is 34.6 Å². The fraction of sp³-hybridized carbons (Fsp3) is 0.320. The number of nitrogens with one attached hydrogen (secondary N) is 2. The lowest BCUT2D eigenvalue weighted by Crippen LogP contribution is -2.42. The van der Waals surface area contributed by atoms with E-state index in [4.69, 9.17) is 20.4 Å². The maximum atomic E-state index is 13.1. The molecule has 2 N–H and O–H groups in total. The second-order valence-corrected chi connectivity index (χ2v) is 9.14. The van der Waals surface area contributed by atoms with E-state index in [9.17, 15) is 9.59 Å². The number of nitrogens with zero attached hydrogens (tertiary/aromatic N) is 2. The molecule has 2 aromatic heterocycles. The van der Waals surface area contributed by atoms with E-state index in [0.29, 0.717) is 39.9 Å². The summed E-state index contributed by atoms with van der Waals surface area (Å²) in [6.07, 6.45) is 4.42. The van der Waals surface area contributed by atoms with Crippen molar-refractivity contribution in [2.24, 2.45) is 5.10 Å². The van der Waals surface area contributed by atoms with Crippen molar-refractivity contribution in [3.05, 3.63) is 77.1 Å². The molecule has 3 heterocycles. The molecule has 0 spiro atoms. The lowest BCUT2D eigenvalue weighted by atomic mass is 10.0. The molecule has 0 saturated carbocycles. The van der Waals surface area contributed by atoms with Crippen molar-refractivity contribution in [2.75, 3.05) is 11.9 Å². The van der Waals surface area contributed by atoms with Crippen LogP contribution in [0.25, 0.3) is 0 Å². The number of halogens is 1. The van der Waals surface area contributed by atoms with E-state index >= 15 is 0 Å². The van der Waals surface area contributed by atoms with Crippen molar-refractivity contribution in [1.29, 1.82) is 0 Å². The standard InChI is InChI=1S/C25H27ClN4O4/c1-4-25(2,3)28-24(32)17-10-9-16(13-18(17)26)27-15-23(31)30-20(22-8-6-12-34-22)14-19(29-30)21-7-5-11-33-21/h5-13,20,27H,4,14-15H2,1-3H3,(H,28,32). The molecule has 0 fully saturated rings. The summed E-state index contributed by atoms with van der Waals surface area (Å²) in [6.45, 7) is 5.89. The fourth-order valence-electron chi connectivity index (χ4n) is 3.57. The van der Waals surface area contributed by atoms with Gasteiger partial charge in [-0.05, 0) is 62.7 Å². The van der Waals surface area contributed by atoms with Crippen LogP contribution >= 0.6 is 11.6 Å². The van der Waals surface area contributed by atoms with Crippen LogP contribution < -0.4 is 10.6 Å². The second-order valence-electron chi connectivity index (χ2n) is 8.74. The molecule has 1 aromatic carbocycles. The van der Waals surface area contributed by atoms with Crippen molar-refractivity contribution in [1.82, 2.24) is 10.3 Å². The molecule has 8 nitrogen and oxygen atoms in total. The molecular weight excluding hydrogens is 456 g/mol. The van der Waals surface area contributed by atoms with E-state index in [-0.39, 0.29) is 29.9 Å². The summed E-state index contributed by atoms with van der Waals surface area (Å²) in [5.74, 6) is 0.780. The molecule has 0 saturated heterocycles. The number of anilines is 1. The zero-order valence-corrected chi connectivity index (χ0v) is 20.1. The van der Waals surface area contributed by atoms with Crippen molar-refractivity contribution in [3.8, 4) is 0 Å². The molecular formula is C25H27ClN4O4. The predicted octanol–water partition coefficient (Wildman–Crippen LogP) is 5.23. The zero-order chi connectivity index (χ0) is 24.3. The number of amides is 2. The Morgan fingerprint density at radius 3 is 2.59 bits per heavy atom. The Morgan fingerprint density at radius 2 is 1.94 bits per heavy atom. The van der Waals surface area contributed by atoms with Crippen LogP contribution in [0.4, 0.5) is 5.69 Å². The number of carbonyl (C=O) groups excluding carboxylic acids is 2. The predicted molar refractivity (Wildman–Crippen MR) is 130 cm³/mol. The van der Waals surface area contributed by atoms with Crippen LogP contribution in [0, 0.1) is 0 Å². The lowest BCUT2D eigenvalue weighted by Gasteiger charge is -2.24. The Kier molecular flexibility index (Phi) is 6.79. The number of furan rings is 2. The van der Waals surface area contributed by atoms with Crippen LogP contribution in [0.5, 0.6) is 0 Å². The minimum Gasteiger partial charge on any atom is -0.467 e. The van der Waals surface area contributed by atoms with Gasteiger partial charge in [-0.25, -0.2) is 5.01 Å². The maximum Gasteiger partial charge on any atom is 0.262 e. The molecule has 0 bridgehead atoms. The summed E-state index contributed by atoms with van der Waals surface area (Å²) < 4.78 is 11.0. The fourth-order valence-corrected chi connectivity index (χ4v) is 3.83. The van der Waals surface area contributed by atoms with Crippen LogP contribution in [-0.2, 0) is 4.79 Å². The van der Waals surface area contributed by atoms with Crippen molar-refractivity contribution < 1.29 is 18.4 Å². The summed E-state index contributed by atoms with van der Waals surface area (Å²) in [5.41, 5.74) is 1.34. The Bertz CT molecular complexity index is 1190. The molecule has 1 atom stereocenters. The van der Waals surface area contributed by atoms with E-state index < -0.39 is 0 Å². The second kappa shape index (κ2) is 9.77. The number of hydrazone groups is 1. The molecule has 1 aliphatic rings. The molecule has 3 aromatic rings. The average molecular weight is 483 g/mol. The van der Waals surface area contributed by atoms with Crippen LogP contribution in [0.2, 0.25) is 5.02 Å². The number of carbonyl (C=O) groups is 2. The summed E-state index contributed by atoms with van der Waals surface area (Å²) in [6, 6.07) is 11.8. The van der Waals surface area contributed by atoms with E-state index in [2.05, 4.69) is 15.7 Å². The van der Waals surface area contributed by atoms with Gasteiger partial charge in [0.2, 0.25) is 0 Å². The number of benzene rings is 1. The van der Waals surface area contributed by atoms with E-state index in [1.807, 2.05) is 32.9 Å². The van der Waals surface area contributed by atoms with Crippen LogP contribution in [0.3, 0.4) is 0 Å². The van der Waals surface area contributed by atoms with E-state index in [1.54, 1.807) is 42.9 Å². The first kappa shape index (κ1) is 23.6. The number of rotatable bonds is 8. The Morgan fingerprint density at radius 1 is 1.18 bits per heavy atom. The first-order valence-corrected chi connectivity index (χ1v) is 11.5. The molecule has 34 heavy (non-hydrogen) atoms. The van der Waals surface area contributed by atoms with Gasteiger partial charge in [-0.15, -0.1) is 0 Å². The van der Waals surface area contributed by atoms with Gasteiger partial charge in [-0.3, -0.25) is 9.59 Å². The smallest absolute Gasteiger partial charge is 0.262 e. The summed E-state index contributed by atoms with van der Waals surface area (Å²) >= 11 is 6.36. The van der Waals surface area contributed by atoms with Gasteiger partial charge in [-0.1, -0.05) is 18.5 Å². The molecule has 0 radical (unpaired) electrons. The van der Waals surface area contributed by atoms with Gasteiger partial charge < -0.3 is 19.5 Å². The Hall–Kier alpha value is -3.52. The summed E-state index contributed by atoms with van der Waals surface area (Å²) in [4.78, 5) is 25.6. The summed E-state index contributed by atoms with van der Waals surface area (Å²) in [5, 5.41) is 12.3. The third-order valence-electron chi connectivity index (χ3n) is 5.84. The van der Waals surface area contributed by atoms with Gasteiger partial charge >= 0.3 is 0 Å². The number of hydrogen-bond acceptors (Lipinski definition) is 6. The molecule has 9 heteroatoms. The lowest BCUT2D eigenvalue weighted by molar-refractivity contribution is -0.131. The third-order valence-corrected chi connectivity index (χ3v) is 6.15. The molecule has 2 amide bonds. The minimum atomic E-state index is -0.360. The van der Waals surface area contributed by atoms with Crippen molar-refractivity contribution >= 4 is 34.8 Å². The Labute approximate surface area is 202 Å². The normalized spacial score (nSPS) is 15.8. The highest BCUT2D eigenvalue weighted by Crippen LogP contribution is 2.33. The SMILES string of the molecule is CCC(C)(C)NC(=O)c1ccc(NCC(=O)N2N=C(c3ccco3)CC2c2ccco2)cc1Cl. The number of hydrogen-bond donors (Lipinski definition) is 2. The van der Waals surface area contributed by atoms with Gasteiger partial charge in [0.15, 0.2) is 0 Å². The molecule has 178 valence electrons. The maximum absolute atomic E-state index is 13.1. The third kappa shape index (κ3) is 5.17. The highest BCUT2D eigenvalue weighted by atomic mass is 35.5. The van der Waals surface area contributed by atoms with Gasteiger partial charge in [0.05, 0.1) is 29.7 Å². The first-order valence-electron chi connectivity index (χ1n) is 11.1. The monoisotopic (exact) mass is 482 g/mol. The molecule has 1 aliphatic heterocycles. The van der Waals surface area contributed by atoms with Gasteiger partial charge in [0.25, 0.3) is 11.8 Å². The largest absolute Gasteiger partial charge is 0.467 e. The zero-order valence-electron chi connectivity index (χ0n) is 19.3. The van der Waals surface area contributed by atoms with E-state index in [1.165, 1.54) is 5.01 Å². The minimum absolute atomic E-state index is 0.0170. The van der Waals surface area contributed by atoms with Gasteiger partial charge in [-0.2, -0.15) is 5.10 Å². The molecule has 1 unspecified atom stereocenters.